The van der Waals surface area contributed by atoms with Gasteiger partial charge in [-0.2, -0.15) is 0 Å². The van der Waals surface area contributed by atoms with Crippen molar-refractivity contribution in [1.29, 1.82) is 0 Å². The summed E-state index contributed by atoms with van der Waals surface area (Å²) in [6.07, 6.45) is 8.64. The van der Waals surface area contributed by atoms with Gasteiger partial charge in [-0.25, -0.2) is 0 Å². The summed E-state index contributed by atoms with van der Waals surface area (Å²) < 4.78 is 0. The second-order valence-electron chi connectivity index (χ2n) is 4.25. The van der Waals surface area contributed by atoms with Crippen molar-refractivity contribution in [2.75, 3.05) is 0 Å². The van der Waals surface area contributed by atoms with Crippen molar-refractivity contribution in [3.8, 4) is 0 Å². The summed E-state index contributed by atoms with van der Waals surface area (Å²) >= 11 is 0. The average molecular weight is 169 g/mol. The molecule has 0 amide bonds. The van der Waals surface area contributed by atoms with E-state index in [0.717, 1.165) is 12.5 Å². The van der Waals surface area contributed by atoms with Crippen LogP contribution in [0.15, 0.2) is 0 Å². The quantitative estimate of drug-likeness (QED) is 0.655. The zero-order chi connectivity index (χ0) is 8.39. The normalized spacial score (nSPS) is 37.8. The third-order valence-corrected chi connectivity index (χ3v) is 3.28. The van der Waals surface area contributed by atoms with Gasteiger partial charge in [0.15, 0.2) is 0 Å². The number of aliphatic hydroxyl groups excluding tert-OH is 1. The van der Waals surface area contributed by atoms with Gasteiger partial charge in [-0.3, -0.25) is 0 Å². The van der Waals surface area contributed by atoms with Crippen LogP contribution in [0.3, 0.4) is 0 Å². The van der Waals surface area contributed by atoms with Crippen molar-refractivity contribution >= 4 is 0 Å². The highest BCUT2D eigenvalue weighted by molar-refractivity contribution is 4.86. The number of hydrogen-bond acceptors (Lipinski definition) is 2. The minimum atomic E-state index is -0.0700. The van der Waals surface area contributed by atoms with E-state index in [1.165, 1.54) is 38.5 Å². The number of rotatable bonds is 2. The number of aliphatic hydroxyl groups is 1. The Morgan fingerprint density at radius 3 is 2.25 bits per heavy atom. The van der Waals surface area contributed by atoms with Gasteiger partial charge in [0.05, 0.1) is 6.10 Å². The molecule has 2 aliphatic carbocycles. The maximum atomic E-state index is 9.67. The summed E-state index contributed by atoms with van der Waals surface area (Å²) in [5.41, 5.74) is 0. The molecule has 0 saturated heterocycles. The molecule has 0 spiro atoms. The molecule has 0 aliphatic heterocycles. The lowest BCUT2D eigenvalue weighted by molar-refractivity contribution is 0.0778. The topological polar surface area (TPSA) is 32.3 Å². The Morgan fingerprint density at radius 1 is 0.917 bits per heavy atom. The minimum absolute atomic E-state index is 0.0700. The largest absolute Gasteiger partial charge is 0.392 e. The average Bonchev–Trinajstić information content (AvgIpc) is 2.00. The van der Waals surface area contributed by atoms with E-state index >= 15 is 0 Å². The van der Waals surface area contributed by atoms with Crippen LogP contribution in [0.1, 0.15) is 44.9 Å². The Labute approximate surface area is 74.4 Å². The van der Waals surface area contributed by atoms with Gasteiger partial charge < -0.3 is 10.4 Å². The maximum Gasteiger partial charge on any atom is 0.0693 e. The fourth-order valence-corrected chi connectivity index (χ4v) is 2.18. The molecule has 0 radical (unpaired) electrons. The van der Waals surface area contributed by atoms with Gasteiger partial charge in [-0.05, 0) is 25.7 Å². The Morgan fingerprint density at radius 2 is 1.67 bits per heavy atom. The molecule has 2 heteroatoms. The first-order chi connectivity index (χ1) is 5.86. The summed E-state index contributed by atoms with van der Waals surface area (Å²) in [7, 11) is 0. The van der Waals surface area contributed by atoms with Crippen LogP contribution in [0.25, 0.3) is 0 Å². The molecule has 0 aromatic carbocycles. The molecule has 12 heavy (non-hydrogen) atoms. The molecular weight excluding hydrogens is 150 g/mol. The molecule has 2 N–H and O–H groups in total. The SMILES string of the molecule is O[C@H]1CCCC[C@H]1NC1CCC1. The fourth-order valence-electron chi connectivity index (χ4n) is 2.18. The van der Waals surface area contributed by atoms with E-state index in [1.54, 1.807) is 0 Å². The second kappa shape index (κ2) is 3.75. The van der Waals surface area contributed by atoms with Crippen molar-refractivity contribution in [3.63, 3.8) is 0 Å². The van der Waals surface area contributed by atoms with Gasteiger partial charge >= 0.3 is 0 Å². The molecule has 2 fully saturated rings. The predicted molar refractivity (Wildman–Crippen MR) is 49.0 cm³/mol. The van der Waals surface area contributed by atoms with Crippen LogP contribution < -0.4 is 5.32 Å². The second-order valence-corrected chi connectivity index (χ2v) is 4.25. The predicted octanol–water partition coefficient (Wildman–Crippen LogP) is 1.43. The minimum Gasteiger partial charge on any atom is -0.392 e. The Hall–Kier alpha value is -0.0800. The molecular formula is C10H19NO. The Bertz CT molecular complexity index is 145. The van der Waals surface area contributed by atoms with E-state index in [-0.39, 0.29) is 6.10 Å². The van der Waals surface area contributed by atoms with Gasteiger partial charge in [0.2, 0.25) is 0 Å². The highest BCUT2D eigenvalue weighted by Gasteiger charge is 2.27. The molecule has 2 saturated carbocycles. The van der Waals surface area contributed by atoms with E-state index in [4.69, 9.17) is 0 Å². The Kier molecular flexibility index (Phi) is 2.66. The van der Waals surface area contributed by atoms with Crippen molar-refractivity contribution in [2.24, 2.45) is 0 Å². The molecule has 2 nitrogen and oxygen atoms in total. The molecule has 0 bridgehead atoms. The van der Waals surface area contributed by atoms with Gasteiger partial charge in [-0.1, -0.05) is 19.3 Å². The summed E-state index contributed by atoms with van der Waals surface area (Å²) in [5, 5.41) is 13.2. The van der Waals surface area contributed by atoms with E-state index in [1.807, 2.05) is 0 Å². The molecule has 2 rings (SSSR count). The van der Waals surface area contributed by atoms with Crippen LogP contribution in [0.5, 0.6) is 0 Å². The Balaban J connectivity index is 1.76. The van der Waals surface area contributed by atoms with Crippen LogP contribution in [0.4, 0.5) is 0 Å². The lowest BCUT2D eigenvalue weighted by Gasteiger charge is -2.36. The first-order valence-corrected chi connectivity index (χ1v) is 5.30. The lowest BCUT2D eigenvalue weighted by Crippen LogP contribution is -2.49. The zero-order valence-corrected chi connectivity index (χ0v) is 7.63. The van der Waals surface area contributed by atoms with Crippen LogP contribution in [0.2, 0.25) is 0 Å². The number of nitrogens with one attached hydrogen (secondary N) is 1. The highest BCUT2D eigenvalue weighted by atomic mass is 16.3. The standard InChI is InChI=1S/C10H19NO/c12-10-7-2-1-6-9(10)11-8-4-3-5-8/h8-12H,1-7H2/t9-,10+/m1/s1. The van der Waals surface area contributed by atoms with Crippen LogP contribution in [-0.2, 0) is 0 Å². The molecule has 0 aromatic heterocycles. The van der Waals surface area contributed by atoms with E-state index < -0.39 is 0 Å². The van der Waals surface area contributed by atoms with E-state index in [9.17, 15) is 5.11 Å². The van der Waals surface area contributed by atoms with Crippen LogP contribution in [0, 0.1) is 0 Å². The molecule has 0 unspecified atom stereocenters. The van der Waals surface area contributed by atoms with Crippen molar-refractivity contribution in [1.82, 2.24) is 5.32 Å². The van der Waals surface area contributed by atoms with Gasteiger partial charge in [0.1, 0.15) is 0 Å². The fraction of sp³-hybridized carbons (Fsp3) is 1.00. The monoisotopic (exact) mass is 169 g/mol. The summed E-state index contributed by atoms with van der Waals surface area (Å²) in [4.78, 5) is 0. The van der Waals surface area contributed by atoms with Crippen molar-refractivity contribution in [3.05, 3.63) is 0 Å². The van der Waals surface area contributed by atoms with Gasteiger partial charge in [-0.15, -0.1) is 0 Å². The molecule has 70 valence electrons. The zero-order valence-electron chi connectivity index (χ0n) is 7.63. The van der Waals surface area contributed by atoms with Crippen molar-refractivity contribution < 1.29 is 5.11 Å². The first-order valence-electron chi connectivity index (χ1n) is 5.30. The summed E-state index contributed by atoms with van der Waals surface area (Å²) in [6.45, 7) is 0. The third-order valence-electron chi connectivity index (χ3n) is 3.28. The first kappa shape index (κ1) is 8.52. The summed E-state index contributed by atoms with van der Waals surface area (Å²) in [5.74, 6) is 0. The molecule has 2 atom stereocenters. The molecule has 0 aromatic rings. The molecule has 0 heterocycles. The van der Waals surface area contributed by atoms with Crippen LogP contribution >= 0.6 is 0 Å². The maximum absolute atomic E-state index is 9.67. The molecule has 2 aliphatic rings. The highest BCUT2D eigenvalue weighted by Crippen LogP contribution is 2.23. The summed E-state index contributed by atoms with van der Waals surface area (Å²) in [6, 6.07) is 1.13. The van der Waals surface area contributed by atoms with Crippen LogP contribution in [-0.4, -0.2) is 23.3 Å². The third kappa shape index (κ3) is 1.80. The van der Waals surface area contributed by atoms with Gasteiger partial charge in [0.25, 0.3) is 0 Å². The van der Waals surface area contributed by atoms with E-state index in [2.05, 4.69) is 5.32 Å². The number of hydrogen-bond donors (Lipinski definition) is 2. The van der Waals surface area contributed by atoms with Crippen molar-refractivity contribution in [2.45, 2.75) is 63.1 Å². The smallest absolute Gasteiger partial charge is 0.0693 e. The van der Waals surface area contributed by atoms with Gasteiger partial charge in [0, 0.05) is 12.1 Å². The lowest BCUT2D eigenvalue weighted by atomic mass is 9.88. The van der Waals surface area contributed by atoms with E-state index in [0.29, 0.717) is 6.04 Å².